The van der Waals surface area contributed by atoms with E-state index in [0.29, 0.717) is 5.01 Å². The average molecular weight is 299 g/mol. The number of nitrogens with one attached hydrogen (secondary N) is 1. The summed E-state index contributed by atoms with van der Waals surface area (Å²) in [5.41, 5.74) is 1.64. The van der Waals surface area contributed by atoms with Gasteiger partial charge in [0, 0.05) is 18.3 Å². The van der Waals surface area contributed by atoms with Crippen LogP contribution in [0.15, 0.2) is 24.3 Å². The van der Waals surface area contributed by atoms with Crippen molar-refractivity contribution in [3.8, 4) is 10.6 Å². The fourth-order valence-corrected chi connectivity index (χ4v) is 2.53. The zero-order chi connectivity index (χ0) is 14.3. The van der Waals surface area contributed by atoms with E-state index in [-0.39, 0.29) is 4.96 Å². The molecule has 3 rings (SSSR count). The van der Waals surface area contributed by atoms with Gasteiger partial charge in [-0.15, -0.1) is 10.2 Å². The van der Waals surface area contributed by atoms with Crippen molar-refractivity contribution >= 4 is 22.0 Å². The molecule has 0 amide bonds. The van der Waals surface area contributed by atoms with Gasteiger partial charge in [-0.2, -0.15) is 22.8 Å². The third kappa shape index (κ3) is 2.09. The molecule has 0 aliphatic heterocycles. The Labute approximate surface area is 115 Å². The predicted molar refractivity (Wildman–Crippen MR) is 68.6 cm³/mol. The van der Waals surface area contributed by atoms with E-state index in [0.717, 1.165) is 27.1 Å². The van der Waals surface area contributed by atoms with E-state index in [1.807, 2.05) is 12.1 Å². The summed E-state index contributed by atoms with van der Waals surface area (Å²) >= 11 is 1.06. The molecule has 0 spiro atoms. The molecular formula is C11H8F3N5S. The van der Waals surface area contributed by atoms with Crippen molar-refractivity contribution in [2.75, 3.05) is 12.4 Å². The number of halogens is 3. The third-order valence-electron chi connectivity index (χ3n) is 2.66. The minimum atomic E-state index is -4.57. The number of hydrogen-bond donors (Lipinski definition) is 1. The molecule has 0 unspecified atom stereocenters. The summed E-state index contributed by atoms with van der Waals surface area (Å²) < 4.78 is 38.8. The van der Waals surface area contributed by atoms with E-state index in [1.165, 1.54) is 0 Å². The van der Waals surface area contributed by atoms with E-state index in [4.69, 9.17) is 0 Å². The quantitative estimate of drug-likeness (QED) is 0.790. The van der Waals surface area contributed by atoms with Crippen molar-refractivity contribution in [2.24, 2.45) is 0 Å². The first-order valence-electron chi connectivity index (χ1n) is 5.56. The highest BCUT2D eigenvalue weighted by Crippen LogP contribution is 2.31. The summed E-state index contributed by atoms with van der Waals surface area (Å²) in [7, 11) is 1.79. The monoisotopic (exact) mass is 299 g/mol. The number of nitrogens with zero attached hydrogens (tertiary/aromatic N) is 4. The van der Waals surface area contributed by atoms with Gasteiger partial charge in [-0.1, -0.05) is 11.3 Å². The molecule has 0 bridgehead atoms. The van der Waals surface area contributed by atoms with Crippen LogP contribution in [-0.2, 0) is 6.18 Å². The SMILES string of the molecule is CNc1ccc(-c2nn3c(C(F)(F)F)nnc3s2)cc1. The summed E-state index contributed by atoms with van der Waals surface area (Å²) in [5, 5.41) is 14.0. The van der Waals surface area contributed by atoms with Crippen molar-refractivity contribution in [3.63, 3.8) is 0 Å². The van der Waals surface area contributed by atoms with E-state index in [9.17, 15) is 13.2 Å². The number of aromatic nitrogens is 4. The molecular weight excluding hydrogens is 291 g/mol. The first-order chi connectivity index (χ1) is 9.49. The van der Waals surface area contributed by atoms with Crippen LogP contribution in [0.3, 0.4) is 0 Å². The first-order valence-corrected chi connectivity index (χ1v) is 6.38. The molecule has 0 saturated heterocycles. The number of anilines is 1. The zero-order valence-corrected chi connectivity index (χ0v) is 11.0. The lowest BCUT2D eigenvalue weighted by Crippen LogP contribution is -2.11. The summed E-state index contributed by atoms with van der Waals surface area (Å²) in [4.78, 5) is 0.116. The number of benzene rings is 1. The fraction of sp³-hybridized carbons (Fsp3) is 0.182. The van der Waals surface area contributed by atoms with Gasteiger partial charge in [-0.25, -0.2) is 0 Å². The molecule has 0 fully saturated rings. The van der Waals surface area contributed by atoms with Gasteiger partial charge in [-0.3, -0.25) is 0 Å². The summed E-state index contributed by atoms with van der Waals surface area (Å²) in [6.45, 7) is 0. The van der Waals surface area contributed by atoms with E-state index in [1.54, 1.807) is 19.2 Å². The molecule has 104 valence electrons. The maximum absolute atomic E-state index is 12.7. The normalized spacial score (nSPS) is 12.0. The summed E-state index contributed by atoms with van der Waals surface area (Å²) in [5.74, 6) is -1.11. The van der Waals surface area contributed by atoms with Gasteiger partial charge in [0.05, 0.1) is 0 Å². The number of rotatable bonds is 2. The standard InChI is InChI=1S/C11H8F3N5S/c1-15-7-4-2-6(3-5-7)8-18-19-9(11(12,13)14)16-17-10(19)20-8/h2-5,15H,1H3. The van der Waals surface area contributed by atoms with E-state index < -0.39 is 12.0 Å². The van der Waals surface area contributed by atoms with Gasteiger partial charge >= 0.3 is 6.18 Å². The predicted octanol–water partition coefficient (Wildman–Crippen LogP) is 2.91. The van der Waals surface area contributed by atoms with Crippen LogP contribution in [0.2, 0.25) is 0 Å². The molecule has 0 aliphatic rings. The molecule has 1 N–H and O–H groups in total. The molecule has 0 atom stereocenters. The van der Waals surface area contributed by atoms with Crippen molar-refractivity contribution in [3.05, 3.63) is 30.1 Å². The van der Waals surface area contributed by atoms with Gasteiger partial charge in [0.2, 0.25) is 4.96 Å². The van der Waals surface area contributed by atoms with Crippen LogP contribution in [0, 0.1) is 0 Å². The Balaban J connectivity index is 2.06. The Morgan fingerprint density at radius 2 is 1.85 bits per heavy atom. The van der Waals surface area contributed by atoms with Crippen LogP contribution in [-0.4, -0.2) is 26.9 Å². The Bertz CT molecular complexity index is 744. The molecule has 0 radical (unpaired) electrons. The third-order valence-corrected chi connectivity index (χ3v) is 3.61. The average Bonchev–Trinajstić information content (AvgIpc) is 2.97. The molecule has 5 nitrogen and oxygen atoms in total. The molecule has 2 heterocycles. The Morgan fingerprint density at radius 3 is 2.45 bits per heavy atom. The second-order valence-corrected chi connectivity index (χ2v) is 4.91. The van der Waals surface area contributed by atoms with Crippen molar-refractivity contribution in [1.82, 2.24) is 19.8 Å². The van der Waals surface area contributed by atoms with Crippen molar-refractivity contribution in [2.45, 2.75) is 6.18 Å². The minimum absolute atomic E-state index is 0.116. The smallest absolute Gasteiger partial charge is 0.388 e. The lowest BCUT2D eigenvalue weighted by molar-refractivity contribution is -0.146. The Kier molecular flexibility index (Phi) is 2.85. The van der Waals surface area contributed by atoms with Gasteiger partial charge in [-0.05, 0) is 24.3 Å². The highest BCUT2D eigenvalue weighted by Gasteiger charge is 2.38. The molecule has 9 heteroatoms. The lowest BCUT2D eigenvalue weighted by atomic mass is 10.2. The van der Waals surface area contributed by atoms with Gasteiger partial charge in [0.15, 0.2) is 0 Å². The maximum atomic E-state index is 12.7. The molecule has 0 aliphatic carbocycles. The molecule has 20 heavy (non-hydrogen) atoms. The Hall–Kier alpha value is -2.16. The topological polar surface area (TPSA) is 55.1 Å². The molecule has 2 aromatic heterocycles. The van der Waals surface area contributed by atoms with Crippen LogP contribution in [0.4, 0.5) is 18.9 Å². The number of alkyl halides is 3. The van der Waals surface area contributed by atoms with E-state index in [2.05, 4.69) is 20.6 Å². The number of fused-ring (bicyclic) bond motifs is 1. The highest BCUT2D eigenvalue weighted by atomic mass is 32.1. The molecule has 0 saturated carbocycles. The summed E-state index contributed by atoms with van der Waals surface area (Å²) in [6, 6.07) is 7.21. The minimum Gasteiger partial charge on any atom is -0.388 e. The van der Waals surface area contributed by atoms with Crippen LogP contribution >= 0.6 is 11.3 Å². The van der Waals surface area contributed by atoms with Crippen molar-refractivity contribution in [1.29, 1.82) is 0 Å². The number of hydrogen-bond acceptors (Lipinski definition) is 5. The van der Waals surface area contributed by atoms with Crippen LogP contribution in [0.1, 0.15) is 5.82 Å². The van der Waals surface area contributed by atoms with Crippen LogP contribution in [0.25, 0.3) is 15.5 Å². The van der Waals surface area contributed by atoms with Gasteiger partial charge in [0.1, 0.15) is 5.01 Å². The van der Waals surface area contributed by atoms with Crippen LogP contribution < -0.4 is 5.32 Å². The second-order valence-electron chi connectivity index (χ2n) is 3.95. The second kappa shape index (κ2) is 4.44. The van der Waals surface area contributed by atoms with Crippen molar-refractivity contribution < 1.29 is 13.2 Å². The first kappa shape index (κ1) is 12.9. The van der Waals surface area contributed by atoms with Crippen LogP contribution in [0.5, 0.6) is 0 Å². The maximum Gasteiger partial charge on any atom is 0.453 e. The lowest BCUT2D eigenvalue weighted by Gasteiger charge is -2.01. The molecule has 3 aromatic rings. The summed E-state index contributed by atoms with van der Waals surface area (Å²) in [6.07, 6.45) is -4.57. The molecule has 1 aromatic carbocycles. The van der Waals surface area contributed by atoms with Gasteiger partial charge < -0.3 is 5.32 Å². The van der Waals surface area contributed by atoms with E-state index >= 15 is 0 Å². The largest absolute Gasteiger partial charge is 0.453 e. The highest BCUT2D eigenvalue weighted by molar-refractivity contribution is 7.19. The zero-order valence-electron chi connectivity index (χ0n) is 10.1. The Morgan fingerprint density at radius 1 is 1.15 bits per heavy atom. The fourth-order valence-electron chi connectivity index (χ4n) is 1.69. The van der Waals surface area contributed by atoms with Gasteiger partial charge in [0.25, 0.3) is 5.82 Å².